The van der Waals surface area contributed by atoms with Crippen LogP contribution in [0.4, 0.5) is 4.39 Å². The van der Waals surface area contributed by atoms with Gasteiger partial charge in [0.2, 0.25) is 5.91 Å². The molecule has 1 saturated heterocycles. The molecular weight excluding hydrogens is 337 g/mol. The third-order valence-corrected chi connectivity index (χ3v) is 4.81. The summed E-state index contributed by atoms with van der Waals surface area (Å²) >= 11 is 0. The normalized spacial score (nSPS) is 17.2. The average molecular weight is 357 g/mol. The average Bonchev–Trinajstić information content (AvgIpc) is 3.31. The number of carbonyl (C=O) groups excluding carboxylic acids is 1. The van der Waals surface area contributed by atoms with Crippen LogP contribution in [0, 0.1) is 5.82 Å². The number of aromatic nitrogens is 2. The van der Waals surface area contributed by atoms with E-state index in [1.165, 1.54) is 16.7 Å². The Morgan fingerprint density at radius 2 is 2.15 bits per heavy atom. The quantitative estimate of drug-likeness (QED) is 0.760. The van der Waals surface area contributed by atoms with Gasteiger partial charge >= 0.3 is 0 Å². The zero-order valence-electron chi connectivity index (χ0n) is 14.3. The van der Waals surface area contributed by atoms with Crippen molar-refractivity contribution in [2.75, 3.05) is 13.2 Å². The van der Waals surface area contributed by atoms with Gasteiger partial charge in [-0.15, -0.1) is 0 Å². The van der Waals surface area contributed by atoms with Gasteiger partial charge < -0.3 is 19.0 Å². The molecule has 7 heteroatoms. The lowest BCUT2D eigenvalue weighted by Gasteiger charge is -2.14. The second-order valence-corrected chi connectivity index (χ2v) is 6.54. The summed E-state index contributed by atoms with van der Waals surface area (Å²) in [7, 11) is 0. The van der Waals surface area contributed by atoms with Gasteiger partial charge in [0.1, 0.15) is 11.3 Å². The minimum atomic E-state index is -0.417. The van der Waals surface area contributed by atoms with E-state index < -0.39 is 5.82 Å². The Labute approximate surface area is 149 Å². The third-order valence-electron chi connectivity index (χ3n) is 4.81. The predicted molar refractivity (Wildman–Crippen MR) is 95.7 cm³/mol. The monoisotopic (exact) mass is 357 g/mol. The molecule has 136 valence electrons. The maximum absolute atomic E-state index is 13.7. The maximum atomic E-state index is 13.7. The van der Waals surface area contributed by atoms with Gasteiger partial charge in [0.15, 0.2) is 0 Å². The van der Waals surface area contributed by atoms with E-state index >= 15 is 0 Å². The molecule has 0 saturated carbocycles. The van der Waals surface area contributed by atoms with Crippen LogP contribution in [-0.4, -0.2) is 34.1 Å². The van der Waals surface area contributed by atoms with Crippen molar-refractivity contribution in [2.24, 2.45) is 0 Å². The molecule has 6 nitrogen and oxygen atoms in total. The van der Waals surface area contributed by atoms with E-state index in [1.807, 2.05) is 0 Å². The summed E-state index contributed by atoms with van der Waals surface area (Å²) < 4.78 is 22.4. The van der Waals surface area contributed by atoms with Crippen LogP contribution < -0.4 is 10.9 Å². The van der Waals surface area contributed by atoms with Crippen molar-refractivity contribution in [2.45, 2.75) is 31.9 Å². The molecule has 1 atom stereocenters. The second-order valence-electron chi connectivity index (χ2n) is 6.54. The molecule has 0 bridgehead atoms. The van der Waals surface area contributed by atoms with Gasteiger partial charge in [-0.1, -0.05) is 0 Å². The number of amides is 1. The fraction of sp³-hybridized carbons (Fsp3) is 0.368. The van der Waals surface area contributed by atoms with Crippen molar-refractivity contribution in [3.63, 3.8) is 0 Å². The summed E-state index contributed by atoms with van der Waals surface area (Å²) in [6, 6.07) is 7.84. The van der Waals surface area contributed by atoms with Crippen LogP contribution in [0.5, 0.6) is 0 Å². The Morgan fingerprint density at radius 1 is 1.27 bits per heavy atom. The standard InChI is InChI=1S/C19H20FN3O3/c20-13-5-6-15-17(11-13)23(19(25)16-4-1-8-22(15)16)9-7-18(24)21-12-14-3-2-10-26-14/h1,4-6,8,11,14H,2-3,7,9-10,12H2,(H,21,24). The van der Waals surface area contributed by atoms with E-state index in [0.717, 1.165) is 25.0 Å². The first kappa shape index (κ1) is 16.8. The first-order chi connectivity index (χ1) is 12.6. The number of nitrogens with zero attached hydrogens (tertiary/aromatic N) is 2. The minimum absolute atomic E-state index is 0.0775. The van der Waals surface area contributed by atoms with E-state index in [1.54, 1.807) is 28.8 Å². The first-order valence-corrected chi connectivity index (χ1v) is 8.81. The molecule has 1 amide bonds. The highest BCUT2D eigenvalue weighted by Gasteiger charge is 2.17. The molecule has 1 fully saturated rings. The second kappa shape index (κ2) is 6.92. The summed E-state index contributed by atoms with van der Waals surface area (Å²) in [5, 5.41) is 2.85. The van der Waals surface area contributed by atoms with E-state index in [4.69, 9.17) is 4.74 Å². The van der Waals surface area contributed by atoms with Crippen LogP contribution in [-0.2, 0) is 16.1 Å². The minimum Gasteiger partial charge on any atom is -0.376 e. The fourth-order valence-corrected chi connectivity index (χ4v) is 3.49. The van der Waals surface area contributed by atoms with Gasteiger partial charge in [-0.05, 0) is 43.2 Å². The van der Waals surface area contributed by atoms with Crippen molar-refractivity contribution in [3.05, 3.63) is 52.7 Å². The zero-order valence-corrected chi connectivity index (χ0v) is 14.3. The van der Waals surface area contributed by atoms with Gasteiger partial charge in [-0.25, -0.2) is 4.39 Å². The van der Waals surface area contributed by atoms with Crippen LogP contribution in [0.3, 0.4) is 0 Å². The van der Waals surface area contributed by atoms with Crippen LogP contribution in [0.15, 0.2) is 41.3 Å². The SMILES string of the molecule is O=C(CCn1c(=O)c2cccn2c2ccc(F)cc21)NCC1CCCO1. The maximum Gasteiger partial charge on any atom is 0.275 e. The molecule has 0 aliphatic carbocycles. The van der Waals surface area contributed by atoms with Crippen molar-refractivity contribution < 1.29 is 13.9 Å². The summed E-state index contributed by atoms with van der Waals surface area (Å²) in [5.74, 6) is -0.563. The number of halogens is 1. The van der Waals surface area contributed by atoms with Gasteiger partial charge in [0.05, 0.1) is 17.1 Å². The molecule has 2 aromatic heterocycles. The molecule has 0 spiro atoms. The molecule has 1 aliphatic rings. The Morgan fingerprint density at radius 3 is 2.96 bits per heavy atom. The topological polar surface area (TPSA) is 64.7 Å². The molecular formula is C19H20FN3O3. The number of ether oxygens (including phenoxy) is 1. The summed E-state index contributed by atoms with van der Waals surface area (Å²) in [6.07, 6.45) is 3.97. The molecule has 0 radical (unpaired) electrons. The van der Waals surface area contributed by atoms with Crippen molar-refractivity contribution >= 4 is 22.5 Å². The molecule has 1 aliphatic heterocycles. The number of hydrogen-bond donors (Lipinski definition) is 1. The predicted octanol–water partition coefficient (Wildman–Crippen LogP) is 2.08. The van der Waals surface area contributed by atoms with Gasteiger partial charge in [-0.3, -0.25) is 9.59 Å². The van der Waals surface area contributed by atoms with Crippen LogP contribution in [0.1, 0.15) is 19.3 Å². The fourth-order valence-electron chi connectivity index (χ4n) is 3.49. The van der Waals surface area contributed by atoms with E-state index in [9.17, 15) is 14.0 Å². The summed E-state index contributed by atoms with van der Waals surface area (Å²) in [5.41, 5.74) is 1.47. The lowest BCUT2D eigenvalue weighted by Crippen LogP contribution is -2.33. The number of fused-ring (bicyclic) bond motifs is 3. The highest BCUT2D eigenvalue weighted by atomic mass is 19.1. The first-order valence-electron chi connectivity index (χ1n) is 8.81. The van der Waals surface area contributed by atoms with Gasteiger partial charge in [0, 0.05) is 32.3 Å². The molecule has 1 aromatic carbocycles. The number of hydrogen-bond acceptors (Lipinski definition) is 3. The lowest BCUT2D eigenvalue weighted by atomic mass is 10.2. The van der Waals surface area contributed by atoms with Crippen molar-refractivity contribution in [1.82, 2.24) is 14.3 Å². The number of rotatable bonds is 5. The Hall–Kier alpha value is -2.67. The van der Waals surface area contributed by atoms with Crippen molar-refractivity contribution in [3.8, 4) is 0 Å². The van der Waals surface area contributed by atoms with Crippen LogP contribution >= 0.6 is 0 Å². The highest BCUT2D eigenvalue weighted by Crippen LogP contribution is 2.17. The van der Waals surface area contributed by atoms with Crippen LogP contribution in [0.25, 0.3) is 16.6 Å². The van der Waals surface area contributed by atoms with Gasteiger partial charge in [-0.2, -0.15) is 0 Å². The Kier molecular flexibility index (Phi) is 4.46. The molecule has 1 unspecified atom stereocenters. The number of benzene rings is 1. The highest BCUT2D eigenvalue weighted by molar-refractivity contribution is 5.80. The largest absolute Gasteiger partial charge is 0.376 e. The Bertz CT molecular complexity index is 1020. The van der Waals surface area contributed by atoms with E-state index in [0.29, 0.717) is 17.6 Å². The molecule has 1 N–H and O–H groups in total. The number of nitrogens with one attached hydrogen (secondary N) is 1. The van der Waals surface area contributed by atoms with E-state index in [-0.39, 0.29) is 30.5 Å². The molecule has 3 aromatic rings. The van der Waals surface area contributed by atoms with Gasteiger partial charge in [0.25, 0.3) is 5.56 Å². The molecule has 26 heavy (non-hydrogen) atoms. The summed E-state index contributed by atoms with van der Waals surface area (Å²) in [6.45, 7) is 1.42. The molecule has 3 heterocycles. The number of aryl methyl sites for hydroxylation is 1. The third kappa shape index (κ3) is 3.10. The van der Waals surface area contributed by atoms with Crippen molar-refractivity contribution in [1.29, 1.82) is 0 Å². The Balaban J connectivity index is 1.58. The van der Waals surface area contributed by atoms with Crippen LogP contribution in [0.2, 0.25) is 0 Å². The zero-order chi connectivity index (χ0) is 18.1. The smallest absolute Gasteiger partial charge is 0.275 e. The summed E-state index contributed by atoms with van der Waals surface area (Å²) in [4.78, 5) is 24.9. The molecule has 4 rings (SSSR count). The number of carbonyl (C=O) groups is 1. The van der Waals surface area contributed by atoms with E-state index in [2.05, 4.69) is 5.32 Å². The lowest BCUT2D eigenvalue weighted by molar-refractivity contribution is -0.121.